The molecule has 2 N–H and O–H groups in total. The van der Waals surface area contributed by atoms with Gasteiger partial charge in [0.2, 0.25) is 0 Å². The molecule has 1 rings (SSSR count). The van der Waals surface area contributed by atoms with Crippen molar-refractivity contribution in [3.63, 3.8) is 0 Å². The highest BCUT2D eigenvalue weighted by Crippen LogP contribution is 2.24. The molecule has 0 aliphatic carbocycles. The Morgan fingerprint density at radius 1 is 0.781 bits per heavy atom. The van der Waals surface area contributed by atoms with Gasteiger partial charge < -0.3 is 14.9 Å². The molecule has 0 amide bonds. The summed E-state index contributed by atoms with van der Waals surface area (Å²) in [5.74, 6) is 0.409. The van der Waals surface area contributed by atoms with E-state index >= 15 is 0 Å². The maximum absolute atomic E-state index is 9.74. The van der Waals surface area contributed by atoms with Gasteiger partial charge in [0.15, 0.2) is 0 Å². The Bertz CT molecular complexity index is 611. The van der Waals surface area contributed by atoms with Gasteiger partial charge in [-0.2, -0.15) is 5.26 Å². The lowest BCUT2D eigenvalue weighted by Gasteiger charge is -2.17. The van der Waals surface area contributed by atoms with E-state index in [0.29, 0.717) is 5.75 Å². The van der Waals surface area contributed by atoms with Crippen LogP contribution in [0.1, 0.15) is 128 Å². The fraction of sp³-hybridized carbons (Fsp3) is 0.750. The van der Waals surface area contributed by atoms with Crippen LogP contribution in [0, 0.1) is 11.3 Å². The minimum atomic E-state index is -0.265. The van der Waals surface area contributed by atoms with Crippen LogP contribution in [0.3, 0.4) is 0 Å². The van der Waals surface area contributed by atoms with Crippen LogP contribution in [-0.2, 0) is 0 Å². The van der Waals surface area contributed by atoms with E-state index in [1.807, 2.05) is 6.07 Å². The SMILES string of the molecule is CCCCCCCCCCCCCCCCCCCC(CO)Oc1ccc(C#N)c(O)c1. The molecule has 0 heterocycles. The van der Waals surface area contributed by atoms with Crippen molar-refractivity contribution in [2.75, 3.05) is 6.61 Å². The summed E-state index contributed by atoms with van der Waals surface area (Å²) in [4.78, 5) is 0. The highest BCUT2D eigenvalue weighted by atomic mass is 16.5. The Kier molecular flexibility index (Phi) is 17.6. The van der Waals surface area contributed by atoms with Crippen LogP contribution in [-0.4, -0.2) is 22.9 Å². The third-order valence-electron chi connectivity index (χ3n) is 6.23. The molecule has 0 fully saturated rings. The van der Waals surface area contributed by atoms with E-state index < -0.39 is 0 Å². The van der Waals surface area contributed by atoms with Gasteiger partial charge in [-0.1, -0.05) is 110 Å². The second-order valence-corrected chi connectivity index (χ2v) is 9.16. The number of phenols is 1. The number of unbranched alkanes of at least 4 members (excludes halogenated alkanes) is 16. The smallest absolute Gasteiger partial charge is 0.137 e. The molecule has 1 aromatic carbocycles. The molecule has 0 aromatic heterocycles. The zero-order chi connectivity index (χ0) is 23.3. The van der Waals surface area contributed by atoms with Gasteiger partial charge in [-0.05, 0) is 25.0 Å². The van der Waals surface area contributed by atoms with Gasteiger partial charge in [0.1, 0.15) is 23.7 Å². The van der Waals surface area contributed by atoms with E-state index in [-0.39, 0.29) is 24.0 Å². The maximum atomic E-state index is 9.74. The number of ether oxygens (including phenoxy) is 1. The molecule has 0 bridgehead atoms. The first-order chi connectivity index (χ1) is 15.7. The van der Waals surface area contributed by atoms with Gasteiger partial charge in [-0.25, -0.2) is 0 Å². The summed E-state index contributed by atoms with van der Waals surface area (Å²) in [5.41, 5.74) is 0.228. The molecule has 0 radical (unpaired) electrons. The van der Waals surface area contributed by atoms with Gasteiger partial charge in [0.05, 0.1) is 12.2 Å². The van der Waals surface area contributed by atoms with Crippen molar-refractivity contribution < 1.29 is 14.9 Å². The zero-order valence-electron chi connectivity index (χ0n) is 20.5. The number of rotatable bonds is 21. The Morgan fingerprint density at radius 3 is 1.66 bits per heavy atom. The summed E-state index contributed by atoms with van der Waals surface area (Å²) in [6, 6.07) is 6.56. The molecule has 0 aliphatic rings. The van der Waals surface area contributed by atoms with E-state index in [2.05, 4.69) is 6.92 Å². The molecule has 0 saturated carbocycles. The van der Waals surface area contributed by atoms with Crippen LogP contribution in [0.4, 0.5) is 0 Å². The van der Waals surface area contributed by atoms with E-state index in [1.54, 1.807) is 6.07 Å². The lowest BCUT2D eigenvalue weighted by Crippen LogP contribution is -2.21. The Morgan fingerprint density at radius 2 is 1.25 bits per heavy atom. The number of aromatic hydroxyl groups is 1. The van der Waals surface area contributed by atoms with E-state index in [9.17, 15) is 10.2 Å². The average molecular weight is 446 g/mol. The fourth-order valence-corrected chi connectivity index (χ4v) is 4.16. The molecular weight excluding hydrogens is 398 g/mol. The van der Waals surface area contributed by atoms with Crippen LogP contribution >= 0.6 is 0 Å². The molecule has 4 nitrogen and oxygen atoms in total. The minimum Gasteiger partial charge on any atom is -0.506 e. The fourth-order valence-electron chi connectivity index (χ4n) is 4.16. The average Bonchev–Trinajstić information content (AvgIpc) is 2.80. The number of hydrogen-bond acceptors (Lipinski definition) is 4. The van der Waals surface area contributed by atoms with Crippen LogP contribution in [0.2, 0.25) is 0 Å². The number of benzene rings is 1. The second-order valence-electron chi connectivity index (χ2n) is 9.16. The Balaban J connectivity index is 1.91. The van der Waals surface area contributed by atoms with Gasteiger partial charge in [-0.15, -0.1) is 0 Å². The zero-order valence-corrected chi connectivity index (χ0v) is 20.5. The third kappa shape index (κ3) is 14.4. The maximum Gasteiger partial charge on any atom is 0.137 e. The number of nitriles is 1. The normalized spacial score (nSPS) is 11.9. The largest absolute Gasteiger partial charge is 0.506 e. The Hall–Kier alpha value is -1.73. The predicted octanol–water partition coefficient (Wildman–Crippen LogP) is 8.05. The molecule has 0 spiro atoms. The van der Waals surface area contributed by atoms with Crippen molar-refractivity contribution in [1.29, 1.82) is 5.26 Å². The second kappa shape index (κ2) is 19.9. The number of hydrogen-bond donors (Lipinski definition) is 2. The molecular formula is C28H47NO3. The highest BCUT2D eigenvalue weighted by molar-refractivity contribution is 5.46. The monoisotopic (exact) mass is 445 g/mol. The van der Waals surface area contributed by atoms with Gasteiger partial charge in [-0.3, -0.25) is 0 Å². The van der Waals surface area contributed by atoms with Crippen molar-refractivity contribution in [2.24, 2.45) is 0 Å². The van der Waals surface area contributed by atoms with E-state index in [0.717, 1.165) is 19.3 Å². The van der Waals surface area contributed by atoms with Crippen molar-refractivity contribution in [1.82, 2.24) is 0 Å². The van der Waals surface area contributed by atoms with Crippen LogP contribution < -0.4 is 4.74 Å². The van der Waals surface area contributed by atoms with E-state index in [1.165, 1.54) is 108 Å². The van der Waals surface area contributed by atoms with Gasteiger partial charge >= 0.3 is 0 Å². The molecule has 32 heavy (non-hydrogen) atoms. The summed E-state index contributed by atoms with van der Waals surface area (Å²) >= 11 is 0. The first-order valence-corrected chi connectivity index (χ1v) is 13.2. The minimum absolute atomic E-state index is 0.0420. The molecule has 1 atom stereocenters. The predicted molar refractivity (Wildman–Crippen MR) is 133 cm³/mol. The van der Waals surface area contributed by atoms with Crippen LogP contribution in [0.5, 0.6) is 11.5 Å². The van der Waals surface area contributed by atoms with Crippen molar-refractivity contribution in [3.05, 3.63) is 23.8 Å². The third-order valence-corrected chi connectivity index (χ3v) is 6.23. The first kappa shape index (κ1) is 28.3. The number of nitrogens with zero attached hydrogens (tertiary/aromatic N) is 1. The quantitative estimate of drug-likeness (QED) is 0.188. The van der Waals surface area contributed by atoms with Gasteiger partial charge in [0, 0.05) is 6.07 Å². The lowest BCUT2D eigenvalue weighted by atomic mass is 10.0. The summed E-state index contributed by atoms with van der Waals surface area (Å²) in [5, 5.41) is 28.2. The number of aliphatic hydroxyl groups excluding tert-OH is 1. The van der Waals surface area contributed by atoms with Crippen molar-refractivity contribution in [2.45, 2.75) is 129 Å². The standard InChI is InChI=1S/C28H47NO3/c1-2-3-4-5-6-7-8-9-10-11-12-13-14-15-16-17-18-19-27(24-30)32-26-21-20-25(23-29)28(31)22-26/h20-22,27,30-31H,2-19,24H2,1H3. The molecule has 1 unspecified atom stereocenters. The van der Waals surface area contributed by atoms with Crippen molar-refractivity contribution >= 4 is 0 Å². The summed E-state index contributed by atoms with van der Waals surface area (Å²) in [7, 11) is 0. The first-order valence-electron chi connectivity index (χ1n) is 13.2. The molecule has 0 saturated heterocycles. The van der Waals surface area contributed by atoms with Gasteiger partial charge in [0.25, 0.3) is 0 Å². The summed E-state index contributed by atoms with van der Waals surface area (Å²) in [6.07, 6.45) is 23.5. The van der Waals surface area contributed by atoms with Crippen LogP contribution in [0.15, 0.2) is 18.2 Å². The molecule has 0 aliphatic heterocycles. The summed E-state index contributed by atoms with van der Waals surface area (Å²) < 4.78 is 5.75. The molecule has 182 valence electrons. The number of phenolic OH excluding ortho intramolecular Hbond substituents is 1. The molecule has 1 aromatic rings. The van der Waals surface area contributed by atoms with Crippen molar-refractivity contribution in [3.8, 4) is 17.6 Å². The Labute approximate surface area is 197 Å². The van der Waals surface area contributed by atoms with E-state index in [4.69, 9.17) is 10.00 Å². The number of aliphatic hydroxyl groups is 1. The lowest BCUT2D eigenvalue weighted by molar-refractivity contribution is 0.106. The topological polar surface area (TPSA) is 73.5 Å². The summed E-state index contributed by atoms with van der Waals surface area (Å²) in [6.45, 7) is 2.24. The van der Waals surface area contributed by atoms with Crippen LogP contribution in [0.25, 0.3) is 0 Å². The molecule has 4 heteroatoms. The highest BCUT2D eigenvalue weighted by Gasteiger charge is 2.11.